The molecular formula is C18H27ClN4O3S. The van der Waals surface area contributed by atoms with Crippen LogP contribution in [0.2, 0.25) is 0 Å². The molecule has 0 bridgehead atoms. The smallest absolute Gasteiger partial charge is 0.285 e. The Hall–Kier alpha value is -1.64. The van der Waals surface area contributed by atoms with Crippen molar-refractivity contribution >= 4 is 34.2 Å². The Labute approximate surface area is 166 Å². The first kappa shape index (κ1) is 21.7. The second-order valence-electron chi connectivity index (χ2n) is 7.36. The van der Waals surface area contributed by atoms with Gasteiger partial charge in [-0.3, -0.25) is 4.79 Å². The summed E-state index contributed by atoms with van der Waals surface area (Å²) in [5.41, 5.74) is 6.13. The molecule has 0 aromatic heterocycles. The molecule has 1 atom stereocenters. The number of rotatable bonds is 7. The molecule has 3 N–H and O–H groups in total. The van der Waals surface area contributed by atoms with Gasteiger partial charge in [0.05, 0.1) is 5.54 Å². The molecule has 1 aromatic rings. The SMILES string of the molecule is CN(CCCC(=O)NC(C)(CN)C1CC1)C1=NS(=O)(=O)c2ccccc21.Cl. The summed E-state index contributed by atoms with van der Waals surface area (Å²) in [6, 6.07) is 6.80. The third kappa shape index (κ3) is 4.62. The van der Waals surface area contributed by atoms with Crippen molar-refractivity contribution in [3.8, 4) is 0 Å². The maximum Gasteiger partial charge on any atom is 0.285 e. The number of nitrogens with two attached hydrogens (primary N) is 1. The van der Waals surface area contributed by atoms with E-state index in [1.165, 1.54) is 0 Å². The number of benzene rings is 1. The van der Waals surface area contributed by atoms with Gasteiger partial charge < -0.3 is 16.0 Å². The van der Waals surface area contributed by atoms with Gasteiger partial charge in [-0.2, -0.15) is 8.42 Å². The number of amides is 1. The highest BCUT2D eigenvalue weighted by molar-refractivity contribution is 7.90. The van der Waals surface area contributed by atoms with Crippen molar-refractivity contribution in [2.24, 2.45) is 16.0 Å². The molecule has 1 aliphatic heterocycles. The van der Waals surface area contributed by atoms with Gasteiger partial charge in [-0.15, -0.1) is 16.8 Å². The molecule has 7 nitrogen and oxygen atoms in total. The Bertz CT molecular complexity index is 839. The molecule has 150 valence electrons. The summed E-state index contributed by atoms with van der Waals surface area (Å²) < 4.78 is 28.1. The van der Waals surface area contributed by atoms with Crippen LogP contribution in [0.3, 0.4) is 0 Å². The van der Waals surface area contributed by atoms with Gasteiger partial charge in [-0.25, -0.2) is 0 Å². The van der Waals surface area contributed by atoms with Crippen molar-refractivity contribution in [1.29, 1.82) is 0 Å². The van der Waals surface area contributed by atoms with E-state index in [0.717, 1.165) is 12.8 Å². The van der Waals surface area contributed by atoms with E-state index in [4.69, 9.17) is 5.73 Å². The predicted molar refractivity (Wildman–Crippen MR) is 108 cm³/mol. The number of hydrogen-bond acceptors (Lipinski definition) is 5. The normalized spacial score (nSPS) is 19.3. The highest BCUT2D eigenvalue weighted by atomic mass is 35.5. The Morgan fingerprint density at radius 2 is 2.04 bits per heavy atom. The van der Waals surface area contributed by atoms with Crippen LogP contribution in [0.15, 0.2) is 33.6 Å². The number of amidine groups is 1. The Morgan fingerprint density at radius 1 is 1.37 bits per heavy atom. The first-order chi connectivity index (χ1) is 12.3. The molecule has 1 fully saturated rings. The summed E-state index contributed by atoms with van der Waals surface area (Å²) >= 11 is 0. The van der Waals surface area contributed by atoms with Crippen molar-refractivity contribution in [2.75, 3.05) is 20.1 Å². The van der Waals surface area contributed by atoms with Crippen molar-refractivity contribution in [3.63, 3.8) is 0 Å². The Morgan fingerprint density at radius 3 is 2.67 bits per heavy atom. The molecule has 9 heteroatoms. The van der Waals surface area contributed by atoms with Gasteiger partial charge in [-0.05, 0) is 44.2 Å². The monoisotopic (exact) mass is 414 g/mol. The lowest BCUT2D eigenvalue weighted by molar-refractivity contribution is -0.123. The lowest BCUT2D eigenvalue weighted by atomic mass is 9.95. The van der Waals surface area contributed by atoms with Crippen molar-refractivity contribution in [2.45, 2.75) is 43.0 Å². The summed E-state index contributed by atoms with van der Waals surface area (Å²) in [5.74, 6) is 0.902. The molecule has 1 heterocycles. The number of nitrogens with zero attached hydrogens (tertiary/aromatic N) is 2. The fourth-order valence-corrected chi connectivity index (χ4v) is 4.62. The molecule has 1 aromatic carbocycles. The van der Waals surface area contributed by atoms with Crippen LogP contribution in [0.5, 0.6) is 0 Å². The van der Waals surface area contributed by atoms with Crippen LogP contribution in [-0.4, -0.2) is 50.7 Å². The molecule has 2 aliphatic rings. The Balaban J connectivity index is 0.00000261. The van der Waals surface area contributed by atoms with Gasteiger partial charge in [0.15, 0.2) is 0 Å². The average molecular weight is 415 g/mol. The summed E-state index contributed by atoms with van der Waals surface area (Å²) in [4.78, 5) is 14.3. The van der Waals surface area contributed by atoms with Crippen LogP contribution in [0.1, 0.15) is 38.2 Å². The van der Waals surface area contributed by atoms with Crippen molar-refractivity contribution in [1.82, 2.24) is 10.2 Å². The Kier molecular flexibility index (Phi) is 6.55. The largest absolute Gasteiger partial charge is 0.358 e. The van der Waals surface area contributed by atoms with E-state index in [2.05, 4.69) is 9.71 Å². The third-order valence-electron chi connectivity index (χ3n) is 5.20. The van der Waals surface area contributed by atoms with Gasteiger partial charge in [0, 0.05) is 32.1 Å². The van der Waals surface area contributed by atoms with Gasteiger partial charge in [0.2, 0.25) is 5.91 Å². The number of carbonyl (C=O) groups excluding carboxylic acids is 1. The van der Waals surface area contributed by atoms with E-state index in [1.54, 1.807) is 36.2 Å². The van der Waals surface area contributed by atoms with Gasteiger partial charge >= 0.3 is 0 Å². The minimum Gasteiger partial charge on any atom is -0.358 e. The highest BCUT2D eigenvalue weighted by Crippen LogP contribution is 2.39. The molecular weight excluding hydrogens is 388 g/mol. The predicted octanol–water partition coefficient (Wildman–Crippen LogP) is 1.51. The average Bonchev–Trinajstić information content (AvgIpc) is 3.41. The zero-order valence-electron chi connectivity index (χ0n) is 15.6. The number of nitrogens with one attached hydrogen (secondary N) is 1. The van der Waals surface area contributed by atoms with Crippen LogP contribution in [-0.2, 0) is 14.8 Å². The first-order valence-electron chi connectivity index (χ1n) is 8.93. The van der Waals surface area contributed by atoms with Crippen LogP contribution in [0, 0.1) is 5.92 Å². The topological polar surface area (TPSA) is 105 Å². The van der Waals surface area contributed by atoms with Gasteiger partial charge in [-0.1, -0.05) is 12.1 Å². The van der Waals surface area contributed by atoms with E-state index in [1.807, 2.05) is 6.92 Å². The van der Waals surface area contributed by atoms with Crippen LogP contribution in [0.25, 0.3) is 0 Å². The van der Waals surface area contributed by atoms with Crippen LogP contribution in [0.4, 0.5) is 0 Å². The molecule has 1 aliphatic carbocycles. The molecule has 3 rings (SSSR count). The van der Waals surface area contributed by atoms with E-state index >= 15 is 0 Å². The standard InChI is InChI=1S/C18H26N4O3S.ClH/c1-18(12-19,13-9-10-13)20-16(23)8-5-11-22(2)17-14-6-3-4-7-15(14)26(24,25)21-17;/h3-4,6-7,13H,5,8-12,19H2,1-2H3,(H,20,23);1H. The van der Waals surface area contributed by atoms with Gasteiger partial charge in [0.1, 0.15) is 10.7 Å². The number of hydrogen-bond donors (Lipinski definition) is 2. The summed E-state index contributed by atoms with van der Waals surface area (Å²) in [7, 11) is -1.82. The second kappa shape index (κ2) is 8.16. The van der Waals surface area contributed by atoms with E-state index in [0.29, 0.717) is 43.2 Å². The maximum atomic E-state index is 12.2. The van der Waals surface area contributed by atoms with Gasteiger partial charge in [0.25, 0.3) is 10.0 Å². The van der Waals surface area contributed by atoms with Crippen molar-refractivity contribution < 1.29 is 13.2 Å². The minimum atomic E-state index is -3.62. The molecule has 1 saturated carbocycles. The van der Waals surface area contributed by atoms with E-state index < -0.39 is 10.0 Å². The number of halogens is 1. The molecule has 0 saturated heterocycles. The quantitative estimate of drug-likeness (QED) is 0.703. The third-order valence-corrected chi connectivity index (χ3v) is 6.52. The van der Waals surface area contributed by atoms with Crippen LogP contribution >= 0.6 is 12.4 Å². The zero-order chi connectivity index (χ0) is 18.9. The number of carbonyl (C=O) groups is 1. The minimum absolute atomic E-state index is 0. The highest BCUT2D eigenvalue weighted by Gasteiger charge is 2.41. The fraction of sp³-hybridized carbons (Fsp3) is 0.556. The summed E-state index contributed by atoms with van der Waals surface area (Å²) in [6.07, 6.45) is 3.21. The number of sulfonamides is 1. The summed E-state index contributed by atoms with van der Waals surface area (Å²) in [5, 5.41) is 3.07. The molecule has 1 amide bonds. The molecule has 1 unspecified atom stereocenters. The first-order valence-corrected chi connectivity index (χ1v) is 10.4. The molecule has 0 radical (unpaired) electrons. The lowest BCUT2D eigenvalue weighted by Crippen LogP contribution is -2.53. The molecule has 27 heavy (non-hydrogen) atoms. The second-order valence-corrected chi connectivity index (χ2v) is 8.93. The zero-order valence-corrected chi connectivity index (χ0v) is 17.3. The lowest BCUT2D eigenvalue weighted by Gasteiger charge is -2.29. The summed E-state index contributed by atoms with van der Waals surface area (Å²) in [6.45, 7) is 2.98. The maximum absolute atomic E-state index is 12.2. The van der Waals surface area contributed by atoms with E-state index in [9.17, 15) is 13.2 Å². The number of fused-ring (bicyclic) bond motifs is 1. The molecule has 0 spiro atoms. The fourth-order valence-electron chi connectivity index (χ4n) is 3.37. The van der Waals surface area contributed by atoms with Crippen LogP contribution < -0.4 is 11.1 Å². The van der Waals surface area contributed by atoms with Crippen molar-refractivity contribution in [3.05, 3.63) is 29.8 Å². The van der Waals surface area contributed by atoms with E-state index in [-0.39, 0.29) is 28.7 Å².